The molecule has 4 heterocycles. The molecule has 3 aromatic carbocycles. The summed E-state index contributed by atoms with van der Waals surface area (Å²) in [5.41, 5.74) is 6.66. The molecule has 2 aliphatic heterocycles. The molecule has 0 radical (unpaired) electrons. The molecule has 1 saturated heterocycles. The molecule has 7 rings (SSSR count). The average Bonchev–Trinajstić information content (AvgIpc) is 3.95. The lowest BCUT2D eigenvalue weighted by Gasteiger charge is -2.33. The molecule has 5 unspecified atom stereocenters. The average molecular weight is 730 g/mol. The van der Waals surface area contributed by atoms with E-state index in [0.29, 0.717) is 31.7 Å². The topological polar surface area (TPSA) is 146 Å². The number of carbonyl (C=O) groups is 3. The Labute approximate surface area is 315 Å². The first-order chi connectivity index (χ1) is 26.1. The molecule has 5 atom stereocenters. The number of hydrogen-bond donors (Lipinski definition) is 3. The van der Waals surface area contributed by atoms with Crippen LogP contribution in [0.1, 0.15) is 96.0 Å². The zero-order chi connectivity index (χ0) is 38.3. The smallest absolute Gasteiger partial charge is 0.407 e. The van der Waals surface area contributed by atoms with Gasteiger partial charge in [0, 0.05) is 23.4 Å². The Hall–Kier alpha value is -5.83. The molecule has 1 fully saturated rings. The Morgan fingerprint density at radius 1 is 1.09 bits per heavy atom. The van der Waals surface area contributed by atoms with Gasteiger partial charge < -0.3 is 34.6 Å². The second kappa shape index (κ2) is 14.9. The zero-order valence-corrected chi connectivity index (χ0v) is 31.7. The quantitative estimate of drug-likeness (QED) is 0.126. The van der Waals surface area contributed by atoms with E-state index in [1.807, 2.05) is 37.1 Å². The number of carbonyl (C=O) groups excluding carboxylic acids is 3. The Morgan fingerprint density at radius 2 is 1.91 bits per heavy atom. The van der Waals surface area contributed by atoms with E-state index >= 15 is 0 Å². The van der Waals surface area contributed by atoms with Gasteiger partial charge in [-0.05, 0) is 92.8 Å². The third-order valence-electron chi connectivity index (χ3n) is 10.9. The van der Waals surface area contributed by atoms with Crippen LogP contribution in [0.25, 0.3) is 44.2 Å². The minimum absolute atomic E-state index is 0.109. The third-order valence-corrected chi connectivity index (χ3v) is 10.9. The molecule has 0 saturated carbocycles. The van der Waals surface area contributed by atoms with Gasteiger partial charge in [0.1, 0.15) is 30.0 Å². The number of benzene rings is 3. The molecule has 3 N–H and O–H groups in total. The van der Waals surface area contributed by atoms with Gasteiger partial charge in [0.15, 0.2) is 0 Å². The fraction of sp³-hybridized carbons (Fsp3) is 0.405. The molecule has 0 bridgehead atoms. The number of rotatable bonds is 10. The number of alkyl carbamates (subject to hydrolysis) is 1. The summed E-state index contributed by atoms with van der Waals surface area (Å²) in [6.07, 6.45) is 10.5. The molecule has 2 aromatic heterocycles. The van der Waals surface area contributed by atoms with E-state index in [0.717, 1.165) is 74.2 Å². The van der Waals surface area contributed by atoms with Gasteiger partial charge in [-0.15, -0.1) is 6.42 Å². The first-order valence-corrected chi connectivity index (χ1v) is 18.8. The number of likely N-dealkylation sites (tertiary alicyclic amines) is 1. The number of nitrogens with zero attached hydrogens (tertiary/aromatic N) is 4. The van der Waals surface area contributed by atoms with E-state index in [1.165, 1.54) is 7.11 Å². The van der Waals surface area contributed by atoms with Gasteiger partial charge in [0.25, 0.3) is 0 Å². The van der Waals surface area contributed by atoms with Crippen molar-refractivity contribution in [1.29, 1.82) is 0 Å². The summed E-state index contributed by atoms with van der Waals surface area (Å²) in [6, 6.07) is 12.9. The predicted molar refractivity (Wildman–Crippen MR) is 207 cm³/mol. The van der Waals surface area contributed by atoms with Gasteiger partial charge in [0.2, 0.25) is 11.8 Å². The van der Waals surface area contributed by atoms with Crippen LogP contribution in [-0.4, -0.2) is 72.9 Å². The number of aromatic nitrogens is 4. The molecular weight excluding hydrogens is 683 g/mol. The van der Waals surface area contributed by atoms with Crippen molar-refractivity contribution in [2.75, 3.05) is 7.11 Å². The van der Waals surface area contributed by atoms with E-state index in [4.69, 9.17) is 25.9 Å². The fourth-order valence-corrected chi connectivity index (χ4v) is 7.91. The maximum atomic E-state index is 13.6. The van der Waals surface area contributed by atoms with Gasteiger partial charge in [-0.25, -0.2) is 14.8 Å². The van der Waals surface area contributed by atoms with Crippen LogP contribution in [0.4, 0.5) is 4.79 Å². The Bertz CT molecular complexity index is 2290. The molecule has 5 aromatic rings. The number of fused-ring (bicyclic) bond motifs is 6. The summed E-state index contributed by atoms with van der Waals surface area (Å²) in [5.74, 6) is 4.77. The lowest BCUT2D eigenvalue weighted by atomic mass is 9.92. The summed E-state index contributed by atoms with van der Waals surface area (Å²) in [6.45, 7) is 10.3. The van der Waals surface area contributed by atoms with Crippen LogP contribution in [0, 0.1) is 12.3 Å². The summed E-state index contributed by atoms with van der Waals surface area (Å²) < 4.78 is 11.1. The van der Waals surface area contributed by atoms with Crippen molar-refractivity contribution in [3.63, 3.8) is 0 Å². The van der Waals surface area contributed by atoms with Gasteiger partial charge in [-0.1, -0.05) is 38.0 Å². The molecule has 3 amide bonds. The van der Waals surface area contributed by atoms with Crippen molar-refractivity contribution < 1.29 is 23.9 Å². The van der Waals surface area contributed by atoms with Crippen molar-refractivity contribution in [3.05, 3.63) is 65.9 Å². The van der Waals surface area contributed by atoms with Crippen LogP contribution < -0.4 is 10.1 Å². The lowest BCUT2D eigenvalue weighted by molar-refractivity contribution is -0.136. The van der Waals surface area contributed by atoms with Crippen LogP contribution in [-0.2, 0) is 20.9 Å². The number of terminal acetylenes is 1. The Kier molecular flexibility index (Phi) is 10.1. The first-order valence-electron chi connectivity index (χ1n) is 18.8. The predicted octanol–water partition coefficient (Wildman–Crippen LogP) is 7.56. The number of ether oxygens (including phenoxy) is 2. The SMILES string of the molecule is C#CC1CCC(c2nc3c(ccc4cc5c(cc43)OCc3cc(-c4cnc(C(C)N(C(=O)CCC)C(C)CC)[nH]4)ccc3-5)[nH]2)N1C(=O)C(C)NC(=O)OC. The van der Waals surface area contributed by atoms with E-state index in [-0.39, 0.29) is 29.9 Å². The number of aromatic amines is 2. The van der Waals surface area contributed by atoms with Crippen LogP contribution in [0.3, 0.4) is 0 Å². The van der Waals surface area contributed by atoms with Crippen LogP contribution in [0.15, 0.2) is 48.7 Å². The van der Waals surface area contributed by atoms with Crippen LogP contribution in [0.2, 0.25) is 0 Å². The molecule has 54 heavy (non-hydrogen) atoms. The maximum absolute atomic E-state index is 13.6. The highest BCUT2D eigenvalue weighted by Crippen LogP contribution is 2.43. The first kappa shape index (κ1) is 36.5. The van der Waals surface area contributed by atoms with Crippen LogP contribution in [0.5, 0.6) is 5.75 Å². The van der Waals surface area contributed by atoms with E-state index < -0.39 is 18.2 Å². The van der Waals surface area contributed by atoms with Crippen molar-refractivity contribution in [2.24, 2.45) is 0 Å². The number of imidazole rings is 2. The fourth-order valence-electron chi connectivity index (χ4n) is 7.91. The molecule has 12 nitrogen and oxygen atoms in total. The van der Waals surface area contributed by atoms with Gasteiger partial charge in [-0.3, -0.25) is 9.59 Å². The number of methoxy groups -OCH3 is 1. The number of hydrogen-bond acceptors (Lipinski definition) is 7. The Morgan fingerprint density at radius 3 is 2.65 bits per heavy atom. The van der Waals surface area contributed by atoms with E-state index in [1.54, 1.807) is 11.8 Å². The van der Waals surface area contributed by atoms with Gasteiger partial charge >= 0.3 is 6.09 Å². The molecule has 0 spiro atoms. The largest absolute Gasteiger partial charge is 0.488 e. The van der Waals surface area contributed by atoms with Gasteiger partial charge in [-0.2, -0.15) is 0 Å². The molecule has 0 aliphatic carbocycles. The molecule has 2 aliphatic rings. The van der Waals surface area contributed by atoms with Crippen molar-refractivity contribution >= 4 is 39.7 Å². The summed E-state index contributed by atoms with van der Waals surface area (Å²) >= 11 is 0. The number of nitrogens with one attached hydrogen (secondary N) is 3. The third kappa shape index (κ3) is 6.52. The molecule has 12 heteroatoms. The summed E-state index contributed by atoms with van der Waals surface area (Å²) in [7, 11) is 1.26. The normalized spacial score (nSPS) is 17.9. The summed E-state index contributed by atoms with van der Waals surface area (Å²) in [4.78, 5) is 58.7. The highest BCUT2D eigenvalue weighted by Gasteiger charge is 2.40. The van der Waals surface area contributed by atoms with Crippen LogP contribution >= 0.6 is 0 Å². The molecular formula is C42H47N7O5. The highest BCUT2D eigenvalue weighted by molar-refractivity contribution is 6.07. The standard InChI is InChI=1S/C42H47N7O5/c1-8-11-37(50)48(23(4)9-2)25(6)39-43-21-34(46-39)27-12-15-30-28(18-27)22-54-36-20-31-26(19-32(30)36)13-16-33-38(31)47-40(45-33)35-17-14-29(10-3)49(35)41(51)24(5)44-42(52)53-7/h3,12-13,15-16,18-21,23-25,29,35H,8-9,11,14,17,22H2,1-2,4-7H3,(H,43,46)(H,44,52)(H,45,47). The minimum atomic E-state index is -0.824. The van der Waals surface area contributed by atoms with Gasteiger partial charge in [0.05, 0.1) is 48.2 Å². The maximum Gasteiger partial charge on any atom is 0.407 e. The molecule has 280 valence electrons. The highest BCUT2D eigenvalue weighted by atomic mass is 16.5. The van der Waals surface area contributed by atoms with Crippen molar-refractivity contribution in [1.82, 2.24) is 35.1 Å². The zero-order valence-electron chi connectivity index (χ0n) is 31.7. The lowest BCUT2D eigenvalue weighted by Crippen LogP contribution is -2.49. The van der Waals surface area contributed by atoms with Crippen molar-refractivity contribution in [3.8, 4) is 40.5 Å². The van der Waals surface area contributed by atoms with E-state index in [9.17, 15) is 14.4 Å². The second-order valence-corrected chi connectivity index (χ2v) is 14.4. The monoisotopic (exact) mass is 729 g/mol. The Balaban J connectivity index is 1.16. The minimum Gasteiger partial charge on any atom is -0.488 e. The second-order valence-electron chi connectivity index (χ2n) is 14.4. The number of amides is 3. The van der Waals surface area contributed by atoms with E-state index in [2.05, 4.69) is 65.4 Å². The van der Waals surface area contributed by atoms with Crippen molar-refractivity contribution in [2.45, 2.75) is 104 Å². The summed E-state index contributed by atoms with van der Waals surface area (Å²) in [5, 5.41) is 4.50. The number of H-pyrrole nitrogens is 2.